The molecule has 0 bridgehead atoms. The van der Waals surface area contributed by atoms with Crippen molar-refractivity contribution in [2.45, 2.75) is 37.1 Å². The van der Waals surface area contributed by atoms with Gasteiger partial charge in [0.05, 0.1) is 7.11 Å². The maximum absolute atomic E-state index is 12.5. The Morgan fingerprint density at radius 2 is 2.00 bits per heavy atom. The van der Waals surface area contributed by atoms with Crippen molar-refractivity contribution in [2.75, 3.05) is 13.7 Å². The normalized spacial score (nSPS) is 22.4. The quantitative estimate of drug-likeness (QED) is 0.707. The van der Waals surface area contributed by atoms with Crippen LogP contribution in [0.25, 0.3) is 0 Å². The average molecular weight is 241 g/mol. The summed E-state index contributed by atoms with van der Waals surface area (Å²) in [5.74, 6) is -0.960. The number of hydrogen-bond donors (Lipinski definition) is 2. The molecule has 0 aromatic heterocycles. The number of alkyl halides is 3. The van der Waals surface area contributed by atoms with Gasteiger partial charge in [0.2, 0.25) is 0 Å². The van der Waals surface area contributed by atoms with Crippen molar-refractivity contribution in [2.24, 2.45) is 0 Å². The molecule has 0 aromatic carbocycles. The molecule has 1 aliphatic rings. The molecule has 0 aromatic rings. The Kier molecular flexibility index (Phi) is 3.22. The predicted octanol–water partition coefficient (Wildman–Crippen LogP) is 0.595. The maximum Gasteiger partial charge on any atom is 0.406 e. The molecule has 1 rings (SSSR count). The number of hydrogen-bond acceptors (Lipinski definition) is 4. The van der Waals surface area contributed by atoms with Gasteiger partial charge in [-0.1, -0.05) is 0 Å². The zero-order chi connectivity index (χ0) is 12.6. The number of nitrogens with one attached hydrogen (secondary N) is 1. The van der Waals surface area contributed by atoms with Crippen LogP contribution in [0.1, 0.15) is 19.8 Å². The van der Waals surface area contributed by atoms with Crippen molar-refractivity contribution >= 4 is 5.97 Å². The molecule has 1 fully saturated rings. The third-order valence-electron chi connectivity index (χ3n) is 2.69. The second kappa shape index (κ2) is 3.89. The van der Waals surface area contributed by atoms with Gasteiger partial charge >= 0.3 is 12.1 Å². The lowest BCUT2D eigenvalue weighted by atomic mass is 10.1. The first-order chi connectivity index (χ1) is 7.15. The minimum atomic E-state index is -4.36. The van der Waals surface area contributed by atoms with Gasteiger partial charge in [0.25, 0.3) is 0 Å². The summed E-state index contributed by atoms with van der Waals surface area (Å²) in [6, 6.07) is 0. The lowest BCUT2D eigenvalue weighted by Crippen LogP contribution is -2.53. The Bertz CT molecular complexity index is 284. The van der Waals surface area contributed by atoms with E-state index in [1.807, 2.05) is 0 Å². The van der Waals surface area contributed by atoms with Gasteiger partial charge in [0.15, 0.2) is 5.60 Å². The van der Waals surface area contributed by atoms with E-state index in [4.69, 9.17) is 0 Å². The van der Waals surface area contributed by atoms with E-state index >= 15 is 0 Å². The highest BCUT2D eigenvalue weighted by Crippen LogP contribution is 2.48. The first-order valence-corrected chi connectivity index (χ1v) is 4.77. The van der Waals surface area contributed by atoms with Gasteiger partial charge in [-0.15, -0.1) is 0 Å². The Labute approximate surface area is 90.8 Å². The standard InChI is InChI=1S/C9H14F3NO3/c1-7(15,6(14)16-2)5-13-8(3-4-8)9(10,11)12/h13,15H,3-5H2,1-2H3. The molecule has 1 saturated carbocycles. The van der Waals surface area contributed by atoms with Gasteiger partial charge in [-0.3, -0.25) is 0 Å². The van der Waals surface area contributed by atoms with E-state index in [2.05, 4.69) is 10.1 Å². The van der Waals surface area contributed by atoms with E-state index in [1.165, 1.54) is 0 Å². The summed E-state index contributed by atoms with van der Waals surface area (Å²) in [5.41, 5.74) is -3.89. The van der Waals surface area contributed by atoms with Gasteiger partial charge in [-0.25, -0.2) is 4.79 Å². The summed E-state index contributed by atoms with van der Waals surface area (Å²) in [6.07, 6.45) is -4.43. The molecule has 94 valence electrons. The molecule has 0 spiro atoms. The Morgan fingerprint density at radius 3 is 2.31 bits per heavy atom. The topological polar surface area (TPSA) is 58.6 Å². The molecule has 16 heavy (non-hydrogen) atoms. The minimum absolute atomic E-state index is 0.0340. The molecule has 4 nitrogen and oxygen atoms in total. The SMILES string of the molecule is COC(=O)C(C)(O)CNC1(C(F)(F)F)CC1. The minimum Gasteiger partial charge on any atom is -0.467 e. The smallest absolute Gasteiger partial charge is 0.406 e. The average Bonchev–Trinajstić information content (AvgIpc) is 2.93. The summed E-state index contributed by atoms with van der Waals surface area (Å²) < 4.78 is 41.8. The summed E-state index contributed by atoms with van der Waals surface area (Å²) in [5, 5.41) is 11.7. The number of esters is 1. The van der Waals surface area contributed by atoms with Crippen LogP contribution < -0.4 is 5.32 Å². The fourth-order valence-corrected chi connectivity index (χ4v) is 1.32. The van der Waals surface area contributed by atoms with Gasteiger partial charge in [-0.2, -0.15) is 13.2 Å². The molecule has 0 heterocycles. The highest BCUT2D eigenvalue weighted by Gasteiger charge is 2.63. The summed E-state index contributed by atoms with van der Waals surface area (Å²) >= 11 is 0. The number of methoxy groups -OCH3 is 1. The zero-order valence-electron chi connectivity index (χ0n) is 9.02. The van der Waals surface area contributed by atoms with Gasteiger partial charge in [-0.05, 0) is 19.8 Å². The second-order valence-electron chi connectivity index (χ2n) is 4.20. The van der Waals surface area contributed by atoms with Crippen molar-refractivity contribution in [1.29, 1.82) is 0 Å². The number of ether oxygens (including phenoxy) is 1. The van der Waals surface area contributed by atoms with Crippen LogP contribution in [0.4, 0.5) is 13.2 Å². The molecule has 7 heteroatoms. The summed E-state index contributed by atoms with van der Waals surface area (Å²) in [4.78, 5) is 11.0. The van der Waals surface area contributed by atoms with Gasteiger partial charge in [0.1, 0.15) is 5.54 Å². The highest BCUT2D eigenvalue weighted by molar-refractivity contribution is 5.78. The van der Waals surface area contributed by atoms with Crippen molar-refractivity contribution in [3.8, 4) is 0 Å². The molecule has 2 N–H and O–H groups in total. The molecule has 1 aliphatic carbocycles. The van der Waals surface area contributed by atoms with Crippen molar-refractivity contribution < 1.29 is 27.8 Å². The van der Waals surface area contributed by atoms with Crippen molar-refractivity contribution in [1.82, 2.24) is 5.32 Å². The summed E-state index contributed by atoms with van der Waals surface area (Å²) in [6.45, 7) is 0.622. The Balaban J connectivity index is 2.56. The Hall–Kier alpha value is -0.820. The van der Waals surface area contributed by atoms with Crippen LogP contribution in [0.15, 0.2) is 0 Å². The van der Waals surface area contributed by atoms with Crippen LogP contribution in [0.3, 0.4) is 0 Å². The fourth-order valence-electron chi connectivity index (χ4n) is 1.32. The second-order valence-corrected chi connectivity index (χ2v) is 4.20. The van der Waals surface area contributed by atoms with Crippen LogP contribution in [-0.2, 0) is 9.53 Å². The molecular formula is C9H14F3NO3. The largest absolute Gasteiger partial charge is 0.467 e. The monoisotopic (exact) mass is 241 g/mol. The number of β-amino-alcohol motifs (C(OH)–C–C–N with tert-alkyl or cyclic N) is 1. The molecule has 0 amide bonds. The molecule has 0 saturated heterocycles. The predicted molar refractivity (Wildman–Crippen MR) is 48.7 cm³/mol. The van der Waals surface area contributed by atoms with E-state index in [-0.39, 0.29) is 12.8 Å². The number of rotatable bonds is 4. The third-order valence-corrected chi connectivity index (χ3v) is 2.69. The van der Waals surface area contributed by atoms with E-state index in [0.29, 0.717) is 0 Å². The lowest BCUT2D eigenvalue weighted by Gasteiger charge is -2.26. The Morgan fingerprint density at radius 1 is 1.50 bits per heavy atom. The number of carbonyl (C=O) groups is 1. The van der Waals surface area contributed by atoms with Crippen molar-refractivity contribution in [3.05, 3.63) is 0 Å². The van der Waals surface area contributed by atoms with Crippen LogP contribution in [0.2, 0.25) is 0 Å². The fraction of sp³-hybridized carbons (Fsp3) is 0.889. The van der Waals surface area contributed by atoms with E-state index in [9.17, 15) is 23.1 Å². The lowest BCUT2D eigenvalue weighted by molar-refractivity contribution is -0.173. The van der Waals surface area contributed by atoms with Gasteiger partial charge < -0.3 is 15.2 Å². The van der Waals surface area contributed by atoms with Crippen LogP contribution in [0.5, 0.6) is 0 Å². The van der Waals surface area contributed by atoms with Gasteiger partial charge in [0, 0.05) is 6.54 Å². The molecule has 1 atom stereocenters. The number of halogens is 3. The van der Waals surface area contributed by atoms with Crippen LogP contribution in [0, 0.1) is 0 Å². The van der Waals surface area contributed by atoms with Crippen molar-refractivity contribution in [3.63, 3.8) is 0 Å². The maximum atomic E-state index is 12.5. The first-order valence-electron chi connectivity index (χ1n) is 4.77. The molecular weight excluding hydrogens is 227 g/mol. The molecule has 0 aliphatic heterocycles. The van der Waals surface area contributed by atoms with E-state index in [1.54, 1.807) is 0 Å². The molecule has 0 radical (unpaired) electrons. The molecule has 1 unspecified atom stereocenters. The third kappa shape index (κ3) is 2.46. The zero-order valence-corrected chi connectivity index (χ0v) is 9.02. The van der Waals surface area contributed by atoms with Crippen LogP contribution >= 0.6 is 0 Å². The first kappa shape index (κ1) is 13.2. The summed E-state index contributed by atoms with van der Waals surface area (Å²) in [7, 11) is 1.06. The number of carbonyl (C=O) groups excluding carboxylic acids is 1. The highest BCUT2D eigenvalue weighted by atomic mass is 19.4. The number of aliphatic hydroxyl groups is 1. The van der Waals surface area contributed by atoms with E-state index < -0.39 is 29.8 Å². The van der Waals surface area contributed by atoms with Crippen LogP contribution in [-0.4, -0.2) is 42.0 Å². The van der Waals surface area contributed by atoms with E-state index in [0.717, 1.165) is 14.0 Å².